The molecule has 0 saturated carbocycles. The van der Waals surface area contributed by atoms with Crippen molar-refractivity contribution < 1.29 is 14.3 Å². The first kappa shape index (κ1) is 12.6. The van der Waals surface area contributed by atoms with Crippen LogP contribution in [0, 0.1) is 0 Å². The van der Waals surface area contributed by atoms with Crippen LogP contribution in [0.15, 0.2) is 17.1 Å². The maximum absolute atomic E-state index is 10.2. The minimum absolute atomic E-state index is 0.357. The van der Waals surface area contributed by atoms with Crippen molar-refractivity contribution in [2.75, 3.05) is 14.2 Å². The summed E-state index contributed by atoms with van der Waals surface area (Å²) in [6.07, 6.45) is 1.50. The number of ether oxygens (including phenoxy) is 2. The molecule has 1 rings (SSSR count). The van der Waals surface area contributed by atoms with Gasteiger partial charge in [0.25, 0.3) is 0 Å². The molecule has 0 N–H and O–H groups in total. The quantitative estimate of drug-likeness (QED) is 0.602. The van der Waals surface area contributed by atoms with E-state index in [4.69, 9.17) is 21.1 Å². The third-order valence-electron chi connectivity index (χ3n) is 2.20. The lowest BCUT2D eigenvalue weighted by molar-refractivity contribution is 0.354. The zero-order valence-electron chi connectivity index (χ0n) is 9.28. The number of hydrogen-bond acceptors (Lipinski definition) is 4. The zero-order chi connectivity index (χ0) is 12.1. The molecule has 1 aromatic rings. The van der Waals surface area contributed by atoms with Gasteiger partial charge in [-0.2, -0.15) is 4.99 Å². The van der Waals surface area contributed by atoms with Crippen LogP contribution in [0.4, 0.5) is 0 Å². The van der Waals surface area contributed by atoms with Gasteiger partial charge in [-0.15, -0.1) is 0 Å². The molecular formula is C11H12ClNO3. The third-order valence-corrected chi connectivity index (χ3v) is 2.53. The number of benzene rings is 1. The highest BCUT2D eigenvalue weighted by Crippen LogP contribution is 2.36. The smallest absolute Gasteiger partial charge is 0.235 e. The fourth-order valence-corrected chi connectivity index (χ4v) is 1.65. The number of isocyanates is 1. The van der Waals surface area contributed by atoms with E-state index in [-0.39, 0.29) is 6.04 Å². The van der Waals surface area contributed by atoms with Crippen molar-refractivity contribution in [2.24, 2.45) is 4.99 Å². The van der Waals surface area contributed by atoms with Crippen LogP contribution in [0.1, 0.15) is 18.5 Å². The molecule has 0 aromatic heterocycles. The Hall–Kier alpha value is -1.51. The average Bonchev–Trinajstić information content (AvgIpc) is 2.28. The molecule has 0 spiro atoms. The molecule has 16 heavy (non-hydrogen) atoms. The van der Waals surface area contributed by atoms with Crippen molar-refractivity contribution >= 4 is 17.7 Å². The van der Waals surface area contributed by atoms with E-state index < -0.39 is 0 Å². The first-order valence-electron chi connectivity index (χ1n) is 4.62. The van der Waals surface area contributed by atoms with Crippen LogP contribution in [0.25, 0.3) is 0 Å². The maximum Gasteiger partial charge on any atom is 0.235 e. The van der Waals surface area contributed by atoms with Crippen LogP contribution in [-0.2, 0) is 4.79 Å². The summed E-state index contributed by atoms with van der Waals surface area (Å²) in [7, 11) is 3.06. The van der Waals surface area contributed by atoms with Gasteiger partial charge in [0.15, 0.2) is 11.5 Å². The molecule has 0 aliphatic heterocycles. The molecule has 0 radical (unpaired) electrons. The summed E-state index contributed by atoms with van der Waals surface area (Å²) in [6, 6.07) is 2.98. The Morgan fingerprint density at radius 1 is 1.31 bits per heavy atom. The van der Waals surface area contributed by atoms with E-state index in [0.29, 0.717) is 22.1 Å². The number of halogens is 1. The predicted molar refractivity (Wildman–Crippen MR) is 61.1 cm³/mol. The summed E-state index contributed by atoms with van der Waals surface area (Å²) < 4.78 is 10.2. The minimum Gasteiger partial charge on any atom is -0.493 e. The van der Waals surface area contributed by atoms with Crippen molar-refractivity contribution in [2.45, 2.75) is 13.0 Å². The van der Waals surface area contributed by atoms with Gasteiger partial charge in [0.1, 0.15) is 0 Å². The van der Waals surface area contributed by atoms with E-state index >= 15 is 0 Å². The van der Waals surface area contributed by atoms with Gasteiger partial charge in [-0.3, -0.25) is 0 Å². The zero-order valence-corrected chi connectivity index (χ0v) is 10.0. The average molecular weight is 242 g/mol. The largest absolute Gasteiger partial charge is 0.493 e. The minimum atomic E-state index is -0.357. The van der Waals surface area contributed by atoms with Crippen LogP contribution in [0.3, 0.4) is 0 Å². The lowest BCUT2D eigenvalue weighted by Crippen LogP contribution is -1.96. The Morgan fingerprint density at radius 2 is 1.88 bits per heavy atom. The number of nitrogens with zero attached hydrogens (tertiary/aromatic N) is 1. The molecule has 0 aliphatic carbocycles. The SMILES string of the molecule is COc1cc(Cl)c(C(C)N=C=O)cc1OC. The molecule has 1 atom stereocenters. The van der Waals surface area contributed by atoms with E-state index in [0.717, 1.165) is 0 Å². The lowest BCUT2D eigenvalue weighted by Gasteiger charge is -2.13. The summed E-state index contributed by atoms with van der Waals surface area (Å²) in [6.45, 7) is 1.75. The number of aliphatic imine (C=N–C) groups is 1. The molecule has 0 amide bonds. The highest BCUT2D eigenvalue weighted by Gasteiger charge is 2.14. The third kappa shape index (κ3) is 2.54. The van der Waals surface area contributed by atoms with Crippen LogP contribution < -0.4 is 9.47 Å². The topological polar surface area (TPSA) is 47.9 Å². The molecule has 86 valence electrons. The number of hydrogen-bond donors (Lipinski definition) is 0. The van der Waals surface area contributed by atoms with Gasteiger partial charge < -0.3 is 9.47 Å². The van der Waals surface area contributed by atoms with Gasteiger partial charge in [-0.05, 0) is 18.6 Å². The molecule has 1 unspecified atom stereocenters. The van der Waals surface area contributed by atoms with Crippen molar-refractivity contribution in [1.82, 2.24) is 0 Å². The van der Waals surface area contributed by atoms with Crippen LogP contribution in [0.2, 0.25) is 5.02 Å². The Labute approximate surface area is 98.8 Å². The van der Waals surface area contributed by atoms with Crippen molar-refractivity contribution in [3.05, 3.63) is 22.7 Å². The van der Waals surface area contributed by atoms with Crippen molar-refractivity contribution in [1.29, 1.82) is 0 Å². The molecule has 1 aromatic carbocycles. The van der Waals surface area contributed by atoms with Crippen LogP contribution >= 0.6 is 11.6 Å². The fourth-order valence-electron chi connectivity index (χ4n) is 1.34. The number of rotatable bonds is 4. The normalized spacial score (nSPS) is 11.5. The predicted octanol–water partition coefficient (Wildman–Crippen LogP) is 2.75. The molecule has 0 fully saturated rings. The molecule has 0 saturated heterocycles. The first-order chi connectivity index (χ1) is 7.63. The first-order valence-corrected chi connectivity index (χ1v) is 5.00. The Bertz CT molecular complexity index is 427. The van der Waals surface area contributed by atoms with E-state index in [2.05, 4.69) is 4.99 Å². The van der Waals surface area contributed by atoms with E-state index in [1.165, 1.54) is 20.3 Å². The van der Waals surface area contributed by atoms with Gasteiger partial charge >= 0.3 is 0 Å². The van der Waals surface area contributed by atoms with Crippen molar-refractivity contribution in [3.8, 4) is 11.5 Å². The molecule has 0 bridgehead atoms. The molecule has 0 heterocycles. The Balaban J connectivity index is 3.25. The Kier molecular flexibility index (Phi) is 4.35. The Morgan fingerprint density at radius 3 is 2.38 bits per heavy atom. The second-order valence-electron chi connectivity index (χ2n) is 3.13. The second-order valence-corrected chi connectivity index (χ2v) is 3.53. The van der Waals surface area contributed by atoms with Crippen molar-refractivity contribution in [3.63, 3.8) is 0 Å². The molecule has 5 heteroatoms. The van der Waals surface area contributed by atoms with E-state index in [1.807, 2.05) is 0 Å². The summed E-state index contributed by atoms with van der Waals surface area (Å²) in [5, 5.41) is 0.476. The summed E-state index contributed by atoms with van der Waals surface area (Å²) in [4.78, 5) is 13.8. The van der Waals surface area contributed by atoms with Gasteiger partial charge in [0.05, 0.1) is 20.3 Å². The van der Waals surface area contributed by atoms with E-state index in [9.17, 15) is 4.79 Å². The van der Waals surface area contributed by atoms with Crippen LogP contribution in [0.5, 0.6) is 11.5 Å². The number of methoxy groups -OCH3 is 2. The van der Waals surface area contributed by atoms with Gasteiger partial charge in [-0.1, -0.05) is 11.6 Å². The summed E-state index contributed by atoms with van der Waals surface area (Å²) >= 11 is 6.04. The summed E-state index contributed by atoms with van der Waals surface area (Å²) in [5.41, 5.74) is 0.697. The molecule has 4 nitrogen and oxygen atoms in total. The lowest BCUT2D eigenvalue weighted by atomic mass is 10.1. The standard InChI is InChI=1S/C11H12ClNO3/c1-7(13-6-14)8-4-10(15-2)11(16-3)5-9(8)12/h4-5,7H,1-3H3. The number of carbonyl (C=O) groups excluding carboxylic acids is 1. The second kappa shape index (κ2) is 5.54. The summed E-state index contributed by atoms with van der Waals surface area (Å²) in [5.74, 6) is 1.09. The van der Waals surface area contributed by atoms with Gasteiger partial charge in [-0.25, -0.2) is 4.79 Å². The van der Waals surface area contributed by atoms with Crippen LogP contribution in [-0.4, -0.2) is 20.3 Å². The fraction of sp³-hybridized carbons (Fsp3) is 0.364. The van der Waals surface area contributed by atoms with E-state index in [1.54, 1.807) is 19.1 Å². The van der Waals surface area contributed by atoms with Gasteiger partial charge in [0.2, 0.25) is 6.08 Å². The maximum atomic E-state index is 10.2. The highest BCUT2D eigenvalue weighted by atomic mass is 35.5. The molecular weight excluding hydrogens is 230 g/mol. The molecule has 0 aliphatic rings. The highest BCUT2D eigenvalue weighted by molar-refractivity contribution is 6.31. The van der Waals surface area contributed by atoms with Gasteiger partial charge in [0, 0.05) is 11.1 Å². The monoisotopic (exact) mass is 241 g/mol.